The number of nitrogens with one attached hydrogen (secondary N) is 2. The van der Waals surface area contributed by atoms with E-state index in [-0.39, 0.29) is 36.8 Å². The van der Waals surface area contributed by atoms with Gasteiger partial charge in [-0.15, -0.1) is 41.7 Å². The molecule has 1 aromatic rings. The molecule has 2 unspecified atom stereocenters. The van der Waals surface area contributed by atoms with E-state index in [1.165, 1.54) is 0 Å². The Morgan fingerprint density at radius 3 is 3.05 bits per heavy atom. The average molecular weight is 366 g/mol. The van der Waals surface area contributed by atoms with Gasteiger partial charge in [0, 0.05) is 37.0 Å². The van der Waals surface area contributed by atoms with Crippen LogP contribution in [-0.2, 0) is 4.79 Å². The first-order valence-electron chi connectivity index (χ1n) is 6.98. The highest BCUT2D eigenvalue weighted by molar-refractivity contribution is 7.99. The highest BCUT2D eigenvalue weighted by Gasteiger charge is 2.28. The normalized spacial score (nSPS) is 23.5. The summed E-state index contributed by atoms with van der Waals surface area (Å²) in [6.07, 6.45) is 3.90. The minimum Gasteiger partial charge on any atom is -0.353 e. The Bertz CT molecular complexity index is 461. The summed E-state index contributed by atoms with van der Waals surface area (Å²) in [5.74, 6) is 2.75. The van der Waals surface area contributed by atoms with Crippen LogP contribution in [0, 0.1) is 0 Å². The molecule has 2 aliphatic rings. The van der Waals surface area contributed by atoms with Crippen molar-refractivity contribution in [2.24, 2.45) is 0 Å². The van der Waals surface area contributed by atoms with Gasteiger partial charge in [0.15, 0.2) is 5.82 Å². The Labute approximate surface area is 147 Å². The number of nitrogens with zero attached hydrogens (tertiary/aromatic N) is 3. The standard InChI is InChI=1S/C13H19N5OS.2ClH/c19-13(11-8-20-9-15-11)14-7-10-3-2-6-18(10)12-4-1-5-16-17-12;;/h1,4-5,10-11,15H,2-3,6-9H2,(H,14,19);2*1H. The molecule has 22 heavy (non-hydrogen) atoms. The lowest BCUT2D eigenvalue weighted by Gasteiger charge is -2.25. The molecule has 0 aliphatic carbocycles. The van der Waals surface area contributed by atoms with Crippen molar-refractivity contribution in [2.45, 2.75) is 24.9 Å². The first-order chi connectivity index (χ1) is 9.84. The van der Waals surface area contributed by atoms with Crippen molar-refractivity contribution in [3.63, 3.8) is 0 Å². The van der Waals surface area contributed by atoms with Gasteiger partial charge in [-0.05, 0) is 25.0 Å². The van der Waals surface area contributed by atoms with Gasteiger partial charge < -0.3 is 10.2 Å². The molecule has 9 heteroatoms. The van der Waals surface area contributed by atoms with E-state index >= 15 is 0 Å². The fourth-order valence-corrected chi connectivity index (χ4v) is 3.64. The predicted octanol–water partition coefficient (Wildman–Crippen LogP) is 1.07. The molecule has 6 nitrogen and oxygen atoms in total. The minimum absolute atomic E-state index is 0. The van der Waals surface area contributed by atoms with Crippen molar-refractivity contribution in [2.75, 3.05) is 29.6 Å². The molecule has 124 valence electrons. The Morgan fingerprint density at radius 1 is 1.50 bits per heavy atom. The summed E-state index contributed by atoms with van der Waals surface area (Å²) in [5, 5.41) is 14.3. The van der Waals surface area contributed by atoms with Crippen LogP contribution in [0.15, 0.2) is 18.3 Å². The van der Waals surface area contributed by atoms with Gasteiger partial charge in [-0.25, -0.2) is 0 Å². The van der Waals surface area contributed by atoms with Crippen LogP contribution in [0.2, 0.25) is 0 Å². The number of hydrogen-bond donors (Lipinski definition) is 2. The number of halogens is 2. The van der Waals surface area contributed by atoms with E-state index in [2.05, 4.69) is 25.7 Å². The molecule has 0 bridgehead atoms. The van der Waals surface area contributed by atoms with Gasteiger partial charge in [0.05, 0.1) is 6.04 Å². The van der Waals surface area contributed by atoms with E-state index in [0.29, 0.717) is 12.6 Å². The van der Waals surface area contributed by atoms with Crippen LogP contribution in [0.3, 0.4) is 0 Å². The molecule has 0 radical (unpaired) electrons. The molecule has 3 rings (SSSR count). The van der Waals surface area contributed by atoms with Crippen LogP contribution < -0.4 is 15.5 Å². The lowest BCUT2D eigenvalue weighted by atomic mass is 10.2. The van der Waals surface area contributed by atoms with E-state index in [1.807, 2.05) is 12.1 Å². The first-order valence-corrected chi connectivity index (χ1v) is 8.13. The number of hydrogen-bond acceptors (Lipinski definition) is 6. The van der Waals surface area contributed by atoms with Gasteiger partial charge in [0.1, 0.15) is 0 Å². The second kappa shape index (κ2) is 9.39. The maximum Gasteiger partial charge on any atom is 0.238 e. The number of carbonyl (C=O) groups is 1. The largest absolute Gasteiger partial charge is 0.353 e. The van der Waals surface area contributed by atoms with Crippen LogP contribution in [0.25, 0.3) is 0 Å². The van der Waals surface area contributed by atoms with Crippen LogP contribution >= 0.6 is 36.6 Å². The molecule has 2 aliphatic heterocycles. The predicted molar refractivity (Wildman–Crippen MR) is 94.2 cm³/mol. The first kappa shape index (κ1) is 19.3. The van der Waals surface area contributed by atoms with Gasteiger partial charge in [-0.3, -0.25) is 10.1 Å². The SMILES string of the molecule is Cl.Cl.O=C(NCC1CCCN1c1cccnn1)C1CSCN1. The summed E-state index contributed by atoms with van der Waals surface area (Å²) in [4.78, 5) is 14.3. The second-order valence-electron chi connectivity index (χ2n) is 5.09. The number of aromatic nitrogens is 2. The van der Waals surface area contributed by atoms with Crippen molar-refractivity contribution < 1.29 is 4.79 Å². The van der Waals surface area contributed by atoms with Crippen LogP contribution in [0.5, 0.6) is 0 Å². The average Bonchev–Trinajstić information content (AvgIpc) is 3.17. The Hall–Kier alpha value is -0.760. The van der Waals surface area contributed by atoms with E-state index in [0.717, 1.165) is 36.8 Å². The van der Waals surface area contributed by atoms with Crippen molar-refractivity contribution in [1.29, 1.82) is 0 Å². The number of amides is 1. The van der Waals surface area contributed by atoms with Gasteiger partial charge >= 0.3 is 0 Å². The second-order valence-corrected chi connectivity index (χ2v) is 6.12. The molecule has 0 spiro atoms. The van der Waals surface area contributed by atoms with E-state index in [9.17, 15) is 4.79 Å². The fraction of sp³-hybridized carbons (Fsp3) is 0.615. The lowest BCUT2D eigenvalue weighted by molar-refractivity contribution is -0.122. The lowest BCUT2D eigenvalue weighted by Crippen LogP contribution is -2.47. The number of thioether (sulfide) groups is 1. The van der Waals surface area contributed by atoms with Gasteiger partial charge in [0.2, 0.25) is 5.91 Å². The van der Waals surface area contributed by atoms with Crippen molar-refractivity contribution in [1.82, 2.24) is 20.8 Å². The summed E-state index contributed by atoms with van der Waals surface area (Å²) in [6, 6.07) is 4.16. The molecule has 2 saturated heterocycles. The molecular weight excluding hydrogens is 345 g/mol. The van der Waals surface area contributed by atoms with E-state index in [4.69, 9.17) is 0 Å². The Kier molecular flexibility index (Phi) is 8.24. The number of carbonyl (C=O) groups excluding carboxylic acids is 1. The molecule has 2 fully saturated rings. The van der Waals surface area contributed by atoms with Crippen LogP contribution in [0.1, 0.15) is 12.8 Å². The van der Waals surface area contributed by atoms with Gasteiger partial charge in [-0.2, -0.15) is 5.10 Å². The summed E-state index contributed by atoms with van der Waals surface area (Å²) >= 11 is 1.77. The maximum absolute atomic E-state index is 12.0. The third kappa shape index (κ3) is 4.62. The summed E-state index contributed by atoms with van der Waals surface area (Å²) in [6.45, 7) is 1.66. The zero-order valence-electron chi connectivity index (χ0n) is 12.1. The summed E-state index contributed by atoms with van der Waals surface area (Å²) in [7, 11) is 0. The Balaban J connectivity index is 0.00000121. The molecule has 2 N–H and O–H groups in total. The molecule has 1 aromatic heterocycles. The molecule has 0 aromatic carbocycles. The zero-order chi connectivity index (χ0) is 13.8. The fourth-order valence-electron chi connectivity index (χ4n) is 2.70. The van der Waals surface area contributed by atoms with Crippen molar-refractivity contribution in [3.8, 4) is 0 Å². The van der Waals surface area contributed by atoms with Gasteiger partial charge in [0.25, 0.3) is 0 Å². The minimum atomic E-state index is -0.0358. The quantitative estimate of drug-likeness (QED) is 0.831. The Morgan fingerprint density at radius 2 is 2.36 bits per heavy atom. The zero-order valence-corrected chi connectivity index (χ0v) is 14.6. The third-order valence-corrected chi connectivity index (χ3v) is 4.71. The molecule has 2 atom stereocenters. The molecular formula is C13H21Cl2N5OS. The van der Waals surface area contributed by atoms with Crippen LogP contribution in [-0.4, -0.2) is 52.9 Å². The van der Waals surface area contributed by atoms with Crippen molar-refractivity contribution in [3.05, 3.63) is 18.3 Å². The summed E-state index contributed by atoms with van der Waals surface area (Å²) in [5.41, 5.74) is 0. The highest BCUT2D eigenvalue weighted by Crippen LogP contribution is 2.22. The van der Waals surface area contributed by atoms with Gasteiger partial charge in [-0.1, -0.05) is 0 Å². The van der Waals surface area contributed by atoms with E-state index in [1.54, 1.807) is 18.0 Å². The monoisotopic (exact) mass is 365 g/mol. The molecule has 3 heterocycles. The highest BCUT2D eigenvalue weighted by atomic mass is 35.5. The smallest absolute Gasteiger partial charge is 0.238 e. The molecule has 0 saturated carbocycles. The summed E-state index contributed by atoms with van der Waals surface area (Å²) < 4.78 is 0. The van der Waals surface area contributed by atoms with E-state index < -0.39 is 0 Å². The number of anilines is 1. The maximum atomic E-state index is 12.0. The number of rotatable bonds is 4. The van der Waals surface area contributed by atoms with Crippen molar-refractivity contribution >= 4 is 48.3 Å². The topological polar surface area (TPSA) is 70.2 Å². The molecule has 1 amide bonds. The van der Waals surface area contributed by atoms with Crippen LogP contribution in [0.4, 0.5) is 5.82 Å². The third-order valence-electron chi connectivity index (χ3n) is 3.77.